The number of rotatable bonds is 9. The maximum absolute atomic E-state index is 13.1. The van der Waals surface area contributed by atoms with Crippen LogP contribution < -0.4 is 14.8 Å². The molecule has 0 aromatic heterocycles. The number of nitro benzene ring substituents is 1. The number of hydrogen-bond acceptors (Lipinski definition) is 9. The number of methoxy groups -OCH3 is 3. The number of ether oxygens (including phenoxy) is 3. The van der Waals surface area contributed by atoms with Crippen LogP contribution in [-0.2, 0) is 14.3 Å². The fourth-order valence-electron chi connectivity index (χ4n) is 3.77. The monoisotopic (exact) mass is 485 g/mol. The van der Waals surface area contributed by atoms with Crippen LogP contribution in [-0.4, -0.2) is 60.9 Å². The summed E-state index contributed by atoms with van der Waals surface area (Å²) in [4.78, 5) is 62.2. The third-order valence-electron chi connectivity index (χ3n) is 5.61. The largest absolute Gasteiger partial charge is 0.493 e. The molecule has 3 amide bonds. The predicted molar refractivity (Wildman–Crippen MR) is 120 cm³/mol. The third-order valence-corrected chi connectivity index (χ3v) is 5.61. The van der Waals surface area contributed by atoms with Crippen LogP contribution in [0.15, 0.2) is 36.4 Å². The first-order chi connectivity index (χ1) is 16.6. The van der Waals surface area contributed by atoms with E-state index in [1.165, 1.54) is 40.4 Å². The molecule has 3 rings (SSSR count). The number of carbonyl (C=O) groups is 4. The molecule has 0 fully saturated rings. The van der Waals surface area contributed by atoms with Gasteiger partial charge < -0.3 is 19.5 Å². The highest BCUT2D eigenvalue weighted by molar-refractivity contribution is 6.24. The quantitative estimate of drug-likeness (QED) is 0.243. The maximum atomic E-state index is 13.1. The van der Waals surface area contributed by atoms with Crippen LogP contribution in [0.3, 0.4) is 0 Å². The van der Waals surface area contributed by atoms with Gasteiger partial charge in [-0.1, -0.05) is 12.1 Å². The molecule has 0 radical (unpaired) electrons. The van der Waals surface area contributed by atoms with Gasteiger partial charge in [-0.3, -0.25) is 34.2 Å². The predicted octanol–water partition coefficient (Wildman–Crippen LogP) is 2.02. The van der Waals surface area contributed by atoms with Crippen LogP contribution in [0.2, 0.25) is 0 Å². The van der Waals surface area contributed by atoms with E-state index >= 15 is 0 Å². The lowest BCUT2D eigenvalue weighted by Crippen LogP contribution is -2.48. The number of hydrogen-bond donors (Lipinski definition) is 1. The standard InChI is InChI=1S/C23H23N3O9/c1-12(25-22(29)14-6-5-7-16(26(31)32)20(14)23(25)30)21(28)24-15(11-19(27)35-4)13-8-9-17(33-2)18(10-13)34-3/h5-10,12,15H,11H2,1-4H3,(H,24,28). The second kappa shape index (κ2) is 10.2. The molecule has 2 unspecified atom stereocenters. The fourth-order valence-corrected chi connectivity index (χ4v) is 3.77. The Hall–Kier alpha value is -4.48. The molecule has 0 saturated heterocycles. The number of carbonyl (C=O) groups excluding carboxylic acids is 4. The average Bonchev–Trinajstić information content (AvgIpc) is 3.11. The SMILES string of the molecule is COC(=O)CC(NC(=O)C(C)N1C(=O)c2cccc([N+](=O)[O-])c2C1=O)c1ccc(OC)c(OC)c1. The molecule has 2 atom stereocenters. The van der Waals surface area contributed by atoms with Gasteiger partial charge in [-0.05, 0) is 30.7 Å². The summed E-state index contributed by atoms with van der Waals surface area (Å²) in [5.74, 6) is -2.36. The molecule has 0 bridgehead atoms. The molecular formula is C23H23N3O9. The smallest absolute Gasteiger partial charge is 0.307 e. The van der Waals surface area contributed by atoms with E-state index in [2.05, 4.69) is 5.32 Å². The van der Waals surface area contributed by atoms with E-state index in [0.717, 1.165) is 6.07 Å². The van der Waals surface area contributed by atoms with Crippen LogP contribution in [0.25, 0.3) is 0 Å². The topological polar surface area (TPSA) is 154 Å². The molecule has 1 aliphatic rings. The normalized spacial score (nSPS) is 14.1. The van der Waals surface area contributed by atoms with E-state index in [4.69, 9.17) is 14.2 Å². The second-order valence-corrected chi connectivity index (χ2v) is 7.57. The van der Waals surface area contributed by atoms with Crippen LogP contribution in [0, 0.1) is 10.1 Å². The molecule has 35 heavy (non-hydrogen) atoms. The minimum Gasteiger partial charge on any atom is -0.493 e. The molecule has 184 valence electrons. The van der Waals surface area contributed by atoms with Gasteiger partial charge in [-0.2, -0.15) is 0 Å². The number of nitrogens with zero attached hydrogens (tertiary/aromatic N) is 2. The molecule has 2 aromatic carbocycles. The highest BCUT2D eigenvalue weighted by Gasteiger charge is 2.45. The van der Waals surface area contributed by atoms with Crippen LogP contribution in [0.5, 0.6) is 11.5 Å². The van der Waals surface area contributed by atoms with Gasteiger partial charge in [0, 0.05) is 6.07 Å². The summed E-state index contributed by atoms with van der Waals surface area (Å²) in [6.07, 6.45) is -0.252. The van der Waals surface area contributed by atoms with Crippen molar-refractivity contribution in [3.63, 3.8) is 0 Å². The van der Waals surface area contributed by atoms with Crippen molar-refractivity contribution in [2.75, 3.05) is 21.3 Å². The van der Waals surface area contributed by atoms with Gasteiger partial charge in [0.15, 0.2) is 11.5 Å². The van der Waals surface area contributed by atoms with Gasteiger partial charge in [0.1, 0.15) is 11.6 Å². The van der Waals surface area contributed by atoms with Crippen LogP contribution in [0.1, 0.15) is 45.7 Å². The number of nitrogens with one attached hydrogen (secondary N) is 1. The van der Waals surface area contributed by atoms with Crippen molar-refractivity contribution in [1.82, 2.24) is 10.2 Å². The second-order valence-electron chi connectivity index (χ2n) is 7.57. The van der Waals surface area contributed by atoms with E-state index < -0.39 is 46.4 Å². The van der Waals surface area contributed by atoms with Gasteiger partial charge in [0.25, 0.3) is 17.5 Å². The highest BCUT2D eigenvalue weighted by Crippen LogP contribution is 2.33. The zero-order valence-electron chi connectivity index (χ0n) is 19.4. The summed E-state index contributed by atoms with van der Waals surface area (Å²) >= 11 is 0. The lowest BCUT2D eigenvalue weighted by atomic mass is 10.0. The number of nitro groups is 1. The van der Waals surface area contributed by atoms with Gasteiger partial charge in [-0.25, -0.2) is 0 Å². The first-order valence-corrected chi connectivity index (χ1v) is 10.4. The van der Waals surface area contributed by atoms with E-state index in [-0.39, 0.29) is 17.5 Å². The molecule has 12 heteroatoms. The Balaban J connectivity index is 1.90. The zero-order chi connectivity index (χ0) is 25.9. The summed E-state index contributed by atoms with van der Waals surface area (Å²) in [5, 5.41) is 14.0. The van der Waals surface area contributed by atoms with Crippen molar-refractivity contribution in [3.8, 4) is 11.5 Å². The zero-order valence-corrected chi connectivity index (χ0v) is 19.4. The van der Waals surface area contributed by atoms with Crippen molar-refractivity contribution in [3.05, 3.63) is 63.2 Å². The Kier molecular flexibility index (Phi) is 7.33. The minimum atomic E-state index is -1.33. The summed E-state index contributed by atoms with van der Waals surface area (Å²) < 4.78 is 15.2. The lowest BCUT2D eigenvalue weighted by molar-refractivity contribution is -0.385. The molecule has 2 aromatic rings. The fraction of sp³-hybridized carbons (Fsp3) is 0.304. The molecule has 0 saturated carbocycles. The molecule has 1 N–H and O–H groups in total. The Labute approximate surface area is 199 Å². The van der Waals surface area contributed by atoms with Crippen molar-refractivity contribution in [2.45, 2.75) is 25.4 Å². The Morgan fingerprint density at radius 2 is 1.74 bits per heavy atom. The van der Waals surface area contributed by atoms with Gasteiger partial charge in [0.2, 0.25) is 5.91 Å². The number of imide groups is 1. The van der Waals surface area contributed by atoms with Crippen molar-refractivity contribution < 1.29 is 38.3 Å². The van der Waals surface area contributed by atoms with Crippen molar-refractivity contribution in [2.24, 2.45) is 0 Å². The highest BCUT2D eigenvalue weighted by atomic mass is 16.6. The molecule has 12 nitrogen and oxygen atoms in total. The first kappa shape index (κ1) is 25.1. The Morgan fingerprint density at radius 1 is 1.06 bits per heavy atom. The minimum absolute atomic E-state index is 0.158. The van der Waals surface area contributed by atoms with E-state index in [1.54, 1.807) is 18.2 Å². The van der Waals surface area contributed by atoms with Gasteiger partial charge >= 0.3 is 5.97 Å². The van der Waals surface area contributed by atoms with Crippen molar-refractivity contribution >= 4 is 29.4 Å². The Bertz CT molecular complexity index is 1210. The number of fused-ring (bicyclic) bond motifs is 1. The third kappa shape index (κ3) is 4.76. The van der Waals surface area contributed by atoms with Crippen molar-refractivity contribution in [1.29, 1.82) is 0 Å². The van der Waals surface area contributed by atoms with Gasteiger partial charge in [-0.15, -0.1) is 0 Å². The number of amides is 3. The Morgan fingerprint density at radius 3 is 2.34 bits per heavy atom. The molecule has 1 aliphatic heterocycles. The first-order valence-electron chi connectivity index (χ1n) is 10.4. The summed E-state index contributed by atoms with van der Waals surface area (Å²) in [6, 6.07) is 6.24. The van der Waals surface area contributed by atoms with E-state index in [9.17, 15) is 29.3 Å². The average molecular weight is 485 g/mol. The van der Waals surface area contributed by atoms with E-state index in [1.807, 2.05) is 0 Å². The number of esters is 1. The van der Waals surface area contributed by atoms with Crippen LogP contribution >= 0.6 is 0 Å². The lowest BCUT2D eigenvalue weighted by Gasteiger charge is -2.25. The number of benzene rings is 2. The molecular weight excluding hydrogens is 462 g/mol. The van der Waals surface area contributed by atoms with Crippen LogP contribution in [0.4, 0.5) is 5.69 Å². The van der Waals surface area contributed by atoms with Gasteiger partial charge in [0.05, 0.1) is 44.3 Å². The summed E-state index contributed by atoms with van der Waals surface area (Å²) in [5.41, 5.74) is -0.570. The van der Waals surface area contributed by atoms with E-state index in [0.29, 0.717) is 22.0 Å². The molecule has 0 spiro atoms. The maximum Gasteiger partial charge on any atom is 0.307 e. The molecule has 0 aliphatic carbocycles. The summed E-state index contributed by atoms with van der Waals surface area (Å²) in [7, 11) is 4.09. The summed E-state index contributed by atoms with van der Waals surface area (Å²) in [6.45, 7) is 1.31. The molecule has 1 heterocycles.